The Morgan fingerprint density at radius 2 is 2.10 bits per heavy atom. The predicted molar refractivity (Wildman–Crippen MR) is 79.7 cm³/mol. The molecule has 0 unspecified atom stereocenters. The topological polar surface area (TPSA) is 47.7 Å². The van der Waals surface area contributed by atoms with Crippen molar-refractivity contribution in [1.82, 2.24) is 19.1 Å². The summed E-state index contributed by atoms with van der Waals surface area (Å²) in [5.41, 5.74) is 1.08. The highest BCUT2D eigenvalue weighted by molar-refractivity contribution is 5.30. The number of aryl methyl sites for hydroxylation is 3. The maximum atomic E-state index is 4.63. The molecule has 0 spiro atoms. The Balaban J connectivity index is 1.64. The van der Waals surface area contributed by atoms with Crippen molar-refractivity contribution in [2.45, 2.75) is 58.2 Å². The number of nitrogens with zero attached hydrogens (tertiary/aromatic N) is 4. The molecule has 1 aliphatic carbocycles. The first-order chi connectivity index (χ1) is 9.81. The van der Waals surface area contributed by atoms with Crippen LogP contribution in [0.4, 0.5) is 5.95 Å². The summed E-state index contributed by atoms with van der Waals surface area (Å²) < 4.78 is 4.32. The molecule has 2 heterocycles. The molecule has 0 bridgehead atoms. The predicted octanol–water partition coefficient (Wildman–Crippen LogP) is 2.83. The first-order valence-corrected chi connectivity index (χ1v) is 7.57. The van der Waals surface area contributed by atoms with Gasteiger partial charge >= 0.3 is 0 Å². The van der Waals surface area contributed by atoms with Gasteiger partial charge in [0.05, 0.1) is 12.0 Å². The molecule has 3 rings (SSSR count). The number of nitrogens with one attached hydrogen (secondary N) is 1. The van der Waals surface area contributed by atoms with Crippen LogP contribution in [0.15, 0.2) is 24.9 Å². The number of imidazole rings is 2. The summed E-state index contributed by atoms with van der Waals surface area (Å²) in [5, 5.41) is 3.63. The second kappa shape index (κ2) is 6.11. The van der Waals surface area contributed by atoms with Crippen LogP contribution in [0.3, 0.4) is 0 Å². The van der Waals surface area contributed by atoms with E-state index in [1.165, 1.54) is 32.1 Å². The Morgan fingerprint density at radius 3 is 2.85 bits per heavy atom. The van der Waals surface area contributed by atoms with E-state index in [0.29, 0.717) is 6.04 Å². The lowest BCUT2D eigenvalue weighted by molar-refractivity contribution is 0.457. The number of anilines is 1. The number of rotatable bonds is 5. The van der Waals surface area contributed by atoms with Crippen LogP contribution in [-0.4, -0.2) is 25.1 Å². The van der Waals surface area contributed by atoms with Gasteiger partial charge < -0.3 is 14.5 Å². The number of hydrogen-bond donors (Lipinski definition) is 1. The molecule has 1 saturated carbocycles. The first kappa shape index (κ1) is 13.2. The maximum Gasteiger partial charge on any atom is 0.203 e. The fourth-order valence-corrected chi connectivity index (χ4v) is 2.90. The van der Waals surface area contributed by atoms with Crippen molar-refractivity contribution in [2.24, 2.45) is 0 Å². The van der Waals surface area contributed by atoms with Crippen molar-refractivity contribution < 1.29 is 0 Å². The van der Waals surface area contributed by atoms with Crippen molar-refractivity contribution in [2.75, 3.05) is 5.32 Å². The van der Waals surface area contributed by atoms with Gasteiger partial charge in [-0.2, -0.15) is 0 Å². The summed E-state index contributed by atoms with van der Waals surface area (Å²) in [4.78, 5) is 8.71. The van der Waals surface area contributed by atoms with Gasteiger partial charge in [0.15, 0.2) is 0 Å². The molecule has 0 aromatic carbocycles. The highest BCUT2D eigenvalue weighted by atomic mass is 15.2. The zero-order valence-corrected chi connectivity index (χ0v) is 12.1. The summed E-state index contributed by atoms with van der Waals surface area (Å²) in [6.45, 7) is 3.90. The monoisotopic (exact) mass is 273 g/mol. The van der Waals surface area contributed by atoms with E-state index in [1.807, 2.05) is 18.7 Å². The number of hydrogen-bond acceptors (Lipinski definition) is 3. The lowest BCUT2D eigenvalue weighted by Crippen LogP contribution is -2.24. The fraction of sp³-hybridized carbons (Fsp3) is 0.600. The third-order valence-electron chi connectivity index (χ3n) is 3.99. The Labute approximate surface area is 120 Å². The highest BCUT2D eigenvalue weighted by Crippen LogP contribution is 2.21. The van der Waals surface area contributed by atoms with Crippen molar-refractivity contribution in [3.63, 3.8) is 0 Å². The maximum absolute atomic E-state index is 4.63. The average Bonchev–Trinajstić information content (AvgIpc) is 3.07. The molecule has 2 aromatic heterocycles. The standard InChI is InChI=1S/C15H23N5/c1-13-11-20(10-9-19-8-7-16-12-19)15(17-13)18-14-5-3-2-4-6-14/h7-8,11-12,14H,2-6,9-10H2,1H3,(H,17,18). The van der Waals surface area contributed by atoms with E-state index >= 15 is 0 Å². The van der Waals surface area contributed by atoms with Gasteiger partial charge in [-0.05, 0) is 19.8 Å². The van der Waals surface area contributed by atoms with Crippen molar-refractivity contribution in [3.8, 4) is 0 Å². The van der Waals surface area contributed by atoms with Crippen molar-refractivity contribution in [3.05, 3.63) is 30.6 Å². The summed E-state index contributed by atoms with van der Waals surface area (Å²) >= 11 is 0. The van der Waals surface area contributed by atoms with Gasteiger partial charge in [-0.15, -0.1) is 0 Å². The molecular formula is C15H23N5. The molecule has 1 fully saturated rings. The van der Waals surface area contributed by atoms with E-state index in [2.05, 4.69) is 37.5 Å². The van der Waals surface area contributed by atoms with Crippen LogP contribution in [0.25, 0.3) is 0 Å². The van der Waals surface area contributed by atoms with Crippen LogP contribution in [0.1, 0.15) is 37.8 Å². The summed E-state index contributed by atoms with van der Waals surface area (Å²) in [6, 6.07) is 0.595. The van der Waals surface area contributed by atoms with Crippen LogP contribution in [-0.2, 0) is 13.1 Å². The normalized spacial score (nSPS) is 16.4. The van der Waals surface area contributed by atoms with Gasteiger partial charge in [-0.25, -0.2) is 9.97 Å². The average molecular weight is 273 g/mol. The van der Waals surface area contributed by atoms with Crippen LogP contribution in [0.2, 0.25) is 0 Å². The van der Waals surface area contributed by atoms with E-state index in [9.17, 15) is 0 Å². The minimum Gasteiger partial charge on any atom is -0.353 e. The molecule has 1 N–H and O–H groups in total. The van der Waals surface area contributed by atoms with Crippen LogP contribution in [0.5, 0.6) is 0 Å². The molecule has 20 heavy (non-hydrogen) atoms. The van der Waals surface area contributed by atoms with E-state index in [0.717, 1.165) is 24.7 Å². The minimum absolute atomic E-state index is 0.595. The van der Waals surface area contributed by atoms with E-state index < -0.39 is 0 Å². The molecule has 108 valence electrons. The van der Waals surface area contributed by atoms with Gasteiger partial charge in [0.2, 0.25) is 5.95 Å². The van der Waals surface area contributed by atoms with Crippen molar-refractivity contribution in [1.29, 1.82) is 0 Å². The van der Waals surface area contributed by atoms with Crippen LogP contribution < -0.4 is 5.32 Å². The Hall–Kier alpha value is -1.78. The van der Waals surface area contributed by atoms with Gasteiger partial charge in [0, 0.05) is 37.7 Å². The van der Waals surface area contributed by atoms with Gasteiger partial charge in [-0.1, -0.05) is 19.3 Å². The second-order valence-corrected chi connectivity index (χ2v) is 5.68. The van der Waals surface area contributed by atoms with E-state index in [4.69, 9.17) is 0 Å². The summed E-state index contributed by atoms with van der Waals surface area (Å²) in [5.74, 6) is 1.02. The Morgan fingerprint density at radius 1 is 1.25 bits per heavy atom. The van der Waals surface area contributed by atoms with E-state index in [1.54, 1.807) is 0 Å². The SMILES string of the molecule is Cc1cn(CCn2ccnc2)c(NC2CCCCC2)n1. The lowest BCUT2D eigenvalue weighted by atomic mass is 9.96. The fourth-order valence-electron chi connectivity index (χ4n) is 2.90. The smallest absolute Gasteiger partial charge is 0.203 e. The first-order valence-electron chi connectivity index (χ1n) is 7.57. The Bertz CT molecular complexity index is 522. The van der Waals surface area contributed by atoms with E-state index in [-0.39, 0.29) is 0 Å². The van der Waals surface area contributed by atoms with Crippen molar-refractivity contribution >= 4 is 5.95 Å². The minimum atomic E-state index is 0.595. The highest BCUT2D eigenvalue weighted by Gasteiger charge is 2.15. The molecule has 5 heteroatoms. The third kappa shape index (κ3) is 3.21. The van der Waals surface area contributed by atoms with Crippen LogP contribution in [0, 0.1) is 6.92 Å². The molecule has 0 aliphatic heterocycles. The molecule has 2 aromatic rings. The lowest BCUT2D eigenvalue weighted by Gasteiger charge is -2.23. The molecule has 0 saturated heterocycles. The molecule has 0 amide bonds. The Kier molecular flexibility index (Phi) is 4.04. The zero-order chi connectivity index (χ0) is 13.8. The molecule has 1 aliphatic rings. The van der Waals surface area contributed by atoms with Crippen LogP contribution >= 0.6 is 0 Å². The molecule has 5 nitrogen and oxygen atoms in total. The quantitative estimate of drug-likeness (QED) is 0.911. The molecule has 0 radical (unpaired) electrons. The summed E-state index contributed by atoms with van der Waals surface area (Å²) in [7, 11) is 0. The van der Waals surface area contributed by atoms with Gasteiger partial charge in [0.1, 0.15) is 0 Å². The molecular weight excluding hydrogens is 250 g/mol. The number of aromatic nitrogens is 4. The zero-order valence-electron chi connectivity index (χ0n) is 12.1. The largest absolute Gasteiger partial charge is 0.353 e. The van der Waals surface area contributed by atoms with Gasteiger partial charge in [-0.3, -0.25) is 0 Å². The third-order valence-corrected chi connectivity index (χ3v) is 3.99. The molecule has 0 atom stereocenters. The summed E-state index contributed by atoms with van der Waals surface area (Å²) in [6.07, 6.45) is 14.4. The second-order valence-electron chi connectivity index (χ2n) is 5.68. The van der Waals surface area contributed by atoms with Gasteiger partial charge in [0.25, 0.3) is 0 Å².